The van der Waals surface area contributed by atoms with Crippen LogP contribution in [-0.4, -0.2) is 61.4 Å². The van der Waals surface area contributed by atoms with Crippen LogP contribution in [0.25, 0.3) is 5.57 Å². The lowest BCUT2D eigenvalue weighted by atomic mass is 10.0. The third kappa shape index (κ3) is 4.78. The van der Waals surface area contributed by atoms with Crippen molar-refractivity contribution in [1.82, 2.24) is 15.1 Å². The fourth-order valence-electron chi connectivity index (χ4n) is 4.09. The van der Waals surface area contributed by atoms with Crippen LogP contribution in [-0.2, 0) is 4.79 Å². The van der Waals surface area contributed by atoms with E-state index in [0.717, 1.165) is 43.9 Å². The van der Waals surface area contributed by atoms with Gasteiger partial charge in [-0.2, -0.15) is 0 Å². The first-order valence-corrected chi connectivity index (χ1v) is 10.00. The Labute approximate surface area is 169 Å². The van der Waals surface area contributed by atoms with Gasteiger partial charge in [-0.15, -0.1) is 0 Å². The Morgan fingerprint density at radius 2 is 1.79 bits per heavy atom. The van der Waals surface area contributed by atoms with Crippen LogP contribution in [0.5, 0.6) is 0 Å². The van der Waals surface area contributed by atoms with Crippen LogP contribution < -0.4 is 5.32 Å². The molecule has 0 spiro atoms. The molecular formula is C23H25F2N3O. The van der Waals surface area contributed by atoms with Gasteiger partial charge >= 0.3 is 0 Å². The van der Waals surface area contributed by atoms with Crippen LogP contribution in [0.2, 0.25) is 0 Å². The van der Waals surface area contributed by atoms with Crippen LogP contribution in [0.1, 0.15) is 17.2 Å². The van der Waals surface area contributed by atoms with Gasteiger partial charge in [-0.05, 0) is 29.3 Å². The number of hydrogen-bond acceptors (Lipinski definition) is 4. The predicted molar refractivity (Wildman–Crippen MR) is 109 cm³/mol. The van der Waals surface area contributed by atoms with Crippen molar-refractivity contribution >= 4 is 11.4 Å². The van der Waals surface area contributed by atoms with Gasteiger partial charge in [-0.25, -0.2) is 8.78 Å². The van der Waals surface area contributed by atoms with Gasteiger partial charge in [-0.3, -0.25) is 14.6 Å². The Hall–Kier alpha value is -2.41. The van der Waals surface area contributed by atoms with Crippen molar-refractivity contribution in [2.75, 3.05) is 45.8 Å². The molecule has 0 aromatic heterocycles. The minimum atomic E-state index is -0.466. The molecule has 0 saturated carbocycles. The zero-order valence-corrected chi connectivity index (χ0v) is 16.3. The van der Waals surface area contributed by atoms with E-state index in [1.54, 1.807) is 0 Å². The van der Waals surface area contributed by atoms with Gasteiger partial charge < -0.3 is 5.32 Å². The van der Waals surface area contributed by atoms with Crippen molar-refractivity contribution in [2.24, 2.45) is 0 Å². The number of hydrogen-bond donors (Lipinski definition) is 1. The summed E-state index contributed by atoms with van der Waals surface area (Å²) in [5, 5.41) is 3.29. The van der Waals surface area contributed by atoms with Gasteiger partial charge in [0.05, 0.1) is 19.1 Å². The summed E-state index contributed by atoms with van der Waals surface area (Å²) in [6.07, 6.45) is 1.95. The summed E-state index contributed by atoms with van der Waals surface area (Å²) >= 11 is 0. The van der Waals surface area contributed by atoms with Crippen molar-refractivity contribution in [3.05, 3.63) is 77.4 Å². The van der Waals surface area contributed by atoms with E-state index in [9.17, 15) is 13.6 Å². The molecular weight excluding hydrogens is 372 g/mol. The molecule has 0 unspecified atom stereocenters. The summed E-state index contributed by atoms with van der Waals surface area (Å²) in [5.74, 6) is -0.771. The second-order valence-corrected chi connectivity index (χ2v) is 7.64. The van der Waals surface area contributed by atoms with E-state index >= 15 is 0 Å². The molecule has 152 valence electrons. The minimum Gasteiger partial charge on any atom is -0.314 e. The molecule has 1 fully saturated rings. The standard InChI is InChI=1S/C23H25F2N3O/c24-19-6-7-22(25)21(13-19)18-12-23(17-4-2-1-3-5-17)28(14-18)16-20(29)15-27-10-8-26-9-11-27/h1-7,12-13,23,26H,8-11,14-16H2/t23-/m0/s1. The van der Waals surface area contributed by atoms with E-state index in [4.69, 9.17) is 0 Å². The number of ketones is 1. The second kappa shape index (κ2) is 8.95. The Balaban J connectivity index is 1.54. The highest BCUT2D eigenvalue weighted by Gasteiger charge is 2.30. The average Bonchev–Trinajstić information content (AvgIpc) is 3.14. The molecule has 0 amide bonds. The molecule has 2 aliphatic rings. The zero-order chi connectivity index (χ0) is 20.2. The molecule has 29 heavy (non-hydrogen) atoms. The molecule has 2 heterocycles. The van der Waals surface area contributed by atoms with E-state index in [2.05, 4.69) is 10.2 Å². The van der Waals surface area contributed by atoms with E-state index in [1.807, 2.05) is 41.3 Å². The van der Waals surface area contributed by atoms with E-state index in [1.165, 1.54) is 6.07 Å². The second-order valence-electron chi connectivity index (χ2n) is 7.64. The molecule has 0 radical (unpaired) electrons. The van der Waals surface area contributed by atoms with E-state index in [-0.39, 0.29) is 23.9 Å². The fraction of sp³-hybridized carbons (Fsp3) is 0.348. The Bertz CT molecular complexity index is 894. The summed E-state index contributed by atoms with van der Waals surface area (Å²) in [4.78, 5) is 16.9. The lowest BCUT2D eigenvalue weighted by Gasteiger charge is -2.28. The summed E-state index contributed by atoms with van der Waals surface area (Å²) in [6, 6.07) is 13.2. The number of halogens is 2. The number of nitrogens with zero attached hydrogens (tertiary/aromatic N) is 2. The fourth-order valence-corrected chi connectivity index (χ4v) is 4.09. The Morgan fingerprint density at radius 3 is 2.55 bits per heavy atom. The van der Waals surface area contributed by atoms with Crippen LogP contribution in [0.4, 0.5) is 8.78 Å². The molecule has 0 aliphatic carbocycles. The quantitative estimate of drug-likeness (QED) is 0.813. The third-order valence-electron chi connectivity index (χ3n) is 5.53. The highest BCUT2D eigenvalue weighted by Crippen LogP contribution is 2.35. The van der Waals surface area contributed by atoms with E-state index in [0.29, 0.717) is 18.7 Å². The molecule has 2 aliphatic heterocycles. The molecule has 1 N–H and O–H groups in total. The average molecular weight is 397 g/mol. The van der Waals surface area contributed by atoms with Crippen molar-refractivity contribution in [1.29, 1.82) is 0 Å². The highest BCUT2D eigenvalue weighted by molar-refractivity contribution is 5.83. The van der Waals surface area contributed by atoms with Crippen molar-refractivity contribution in [3.63, 3.8) is 0 Å². The Morgan fingerprint density at radius 1 is 1.03 bits per heavy atom. The molecule has 4 rings (SSSR count). The molecule has 2 aromatic carbocycles. The zero-order valence-electron chi connectivity index (χ0n) is 16.3. The van der Waals surface area contributed by atoms with Crippen LogP contribution in [0.15, 0.2) is 54.6 Å². The molecule has 2 aromatic rings. The van der Waals surface area contributed by atoms with Gasteiger partial charge in [0.25, 0.3) is 0 Å². The first-order valence-electron chi connectivity index (χ1n) is 10.00. The summed E-state index contributed by atoms with van der Waals surface area (Å²) in [5.41, 5.74) is 2.02. The SMILES string of the molecule is O=C(CN1CCNCC1)CN1CC(c2cc(F)ccc2F)=C[C@H]1c1ccccc1. The Kier molecular flexibility index (Phi) is 6.13. The largest absolute Gasteiger partial charge is 0.314 e. The first kappa shape index (κ1) is 19.9. The molecule has 0 bridgehead atoms. The summed E-state index contributed by atoms with van der Waals surface area (Å²) < 4.78 is 28.1. The van der Waals surface area contributed by atoms with Crippen LogP contribution >= 0.6 is 0 Å². The van der Waals surface area contributed by atoms with Crippen molar-refractivity contribution < 1.29 is 13.6 Å². The number of rotatable bonds is 6. The topological polar surface area (TPSA) is 35.6 Å². The van der Waals surface area contributed by atoms with E-state index < -0.39 is 11.6 Å². The van der Waals surface area contributed by atoms with Crippen molar-refractivity contribution in [3.8, 4) is 0 Å². The molecule has 1 saturated heterocycles. The number of nitrogens with one attached hydrogen (secondary N) is 1. The number of Topliss-reactive ketones (excluding diaryl/α,β-unsaturated/α-hetero) is 1. The maximum atomic E-state index is 14.3. The lowest BCUT2D eigenvalue weighted by molar-refractivity contribution is -0.121. The van der Waals surface area contributed by atoms with Gasteiger partial charge in [0, 0.05) is 38.3 Å². The molecule has 1 atom stereocenters. The first-order chi connectivity index (χ1) is 14.1. The number of carbonyl (C=O) groups excluding carboxylic acids is 1. The maximum Gasteiger partial charge on any atom is 0.160 e. The molecule has 4 nitrogen and oxygen atoms in total. The maximum absolute atomic E-state index is 14.3. The lowest BCUT2D eigenvalue weighted by Crippen LogP contribution is -2.47. The minimum absolute atomic E-state index is 0.138. The molecule has 6 heteroatoms. The third-order valence-corrected chi connectivity index (χ3v) is 5.53. The van der Waals surface area contributed by atoms with Gasteiger partial charge in [-0.1, -0.05) is 36.4 Å². The number of carbonyl (C=O) groups is 1. The van der Waals surface area contributed by atoms with Gasteiger partial charge in [0.2, 0.25) is 0 Å². The summed E-state index contributed by atoms with van der Waals surface area (Å²) in [7, 11) is 0. The monoisotopic (exact) mass is 397 g/mol. The normalized spacial score (nSPS) is 20.6. The van der Waals surface area contributed by atoms with Crippen LogP contribution in [0, 0.1) is 11.6 Å². The highest BCUT2D eigenvalue weighted by atomic mass is 19.1. The van der Waals surface area contributed by atoms with Crippen LogP contribution in [0.3, 0.4) is 0 Å². The smallest absolute Gasteiger partial charge is 0.160 e. The predicted octanol–water partition coefficient (Wildman–Crippen LogP) is 2.88. The van der Waals surface area contributed by atoms with Gasteiger partial charge in [0.1, 0.15) is 11.6 Å². The van der Waals surface area contributed by atoms with Gasteiger partial charge in [0.15, 0.2) is 5.78 Å². The summed E-state index contributed by atoms with van der Waals surface area (Å²) in [6.45, 7) is 4.64. The number of benzene rings is 2. The van der Waals surface area contributed by atoms with Crippen molar-refractivity contribution in [2.45, 2.75) is 6.04 Å². The number of piperazine rings is 1.